The number of fused-ring (bicyclic) bond motifs is 1. The van der Waals surface area contributed by atoms with Gasteiger partial charge >= 0.3 is 0 Å². The maximum absolute atomic E-state index is 12.9. The molecule has 2 aliphatic rings. The molecular formula is C25H18Cl2N4OS. The molecule has 33 heavy (non-hydrogen) atoms. The minimum atomic E-state index is -0.419. The van der Waals surface area contributed by atoms with Crippen LogP contribution in [0.25, 0.3) is 17.5 Å². The number of aryl methyl sites for hydroxylation is 1. The fraction of sp³-hybridized carbons (Fsp3) is 0.0800. The van der Waals surface area contributed by atoms with Gasteiger partial charge in [-0.2, -0.15) is 4.99 Å². The Morgan fingerprint density at radius 2 is 1.73 bits per heavy atom. The quantitative estimate of drug-likeness (QED) is 0.413. The zero-order chi connectivity index (χ0) is 23.3. The van der Waals surface area contributed by atoms with E-state index in [-0.39, 0.29) is 11.4 Å². The number of benzene rings is 2. The number of amides is 1. The van der Waals surface area contributed by atoms with E-state index in [1.165, 1.54) is 11.8 Å². The van der Waals surface area contributed by atoms with E-state index in [1.807, 2.05) is 72.4 Å². The summed E-state index contributed by atoms with van der Waals surface area (Å²) in [6, 6.07) is 17.1. The second kappa shape index (κ2) is 8.37. The summed E-state index contributed by atoms with van der Waals surface area (Å²) in [7, 11) is 0. The van der Waals surface area contributed by atoms with Crippen LogP contribution >= 0.6 is 35.0 Å². The molecule has 0 aliphatic carbocycles. The average Bonchev–Trinajstić information content (AvgIpc) is 3.31. The van der Waals surface area contributed by atoms with Gasteiger partial charge in [0.2, 0.25) is 0 Å². The first-order valence-electron chi connectivity index (χ1n) is 10.1. The molecule has 5 nitrogen and oxygen atoms in total. The molecule has 2 aliphatic heterocycles. The Morgan fingerprint density at radius 1 is 1.03 bits per heavy atom. The van der Waals surface area contributed by atoms with E-state index in [9.17, 15) is 4.79 Å². The lowest BCUT2D eigenvalue weighted by atomic mass is 10.1. The standard InChI is InChI=1S/C25H18Cl2N4OS/c1-14-8-17(15(2)30(14)20-11-18(26)10-19(27)12-20)9-21-23(28)31-22(16-6-4-3-5-7-16)13-33-25(31)29-24(21)32/h3-13,28H,1-2H3. The van der Waals surface area contributed by atoms with Crippen molar-refractivity contribution in [2.24, 2.45) is 4.99 Å². The summed E-state index contributed by atoms with van der Waals surface area (Å²) in [5.41, 5.74) is 5.57. The Balaban J connectivity index is 1.56. The van der Waals surface area contributed by atoms with Gasteiger partial charge in [0.15, 0.2) is 5.17 Å². The summed E-state index contributed by atoms with van der Waals surface area (Å²) in [4.78, 5) is 18.8. The maximum atomic E-state index is 12.9. The lowest BCUT2D eigenvalue weighted by Gasteiger charge is -2.26. The number of nitrogens with zero attached hydrogens (tertiary/aromatic N) is 3. The molecule has 1 amide bonds. The summed E-state index contributed by atoms with van der Waals surface area (Å²) in [6.45, 7) is 3.93. The fourth-order valence-electron chi connectivity index (χ4n) is 4.07. The topological polar surface area (TPSA) is 61.5 Å². The highest BCUT2D eigenvalue weighted by Crippen LogP contribution is 2.37. The second-order valence-corrected chi connectivity index (χ2v) is 9.43. The fourth-order valence-corrected chi connectivity index (χ4v) is 5.47. The van der Waals surface area contributed by atoms with Crippen molar-refractivity contribution in [3.8, 4) is 5.69 Å². The molecule has 0 spiro atoms. The SMILES string of the molecule is Cc1cc(C=C2C(=N)N3C(c4ccccc4)=CSC3=NC2=O)c(C)n1-c1cc(Cl)cc(Cl)c1. The third kappa shape index (κ3) is 3.84. The summed E-state index contributed by atoms with van der Waals surface area (Å²) >= 11 is 13.8. The number of carbonyl (C=O) groups is 1. The molecule has 0 unspecified atom stereocenters. The molecule has 5 rings (SSSR count). The molecule has 164 valence electrons. The van der Waals surface area contributed by atoms with Crippen LogP contribution in [0.4, 0.5) is 0 Å². The third-order valence-corrected chi connectivity index (χ3v) is 6.82. The minimum Gasteiger partial charge on any atom is -0.318 e. The second-order valence-electron chi connectivity index (χ2n) is 7.72. The van der Waals surface area contributed by atoms with Gasteiger partial charge < -0.3 is 4.57 Å². The predicted octanol–water partition coefficient (Wildman–Crippen LogP) is 6.71. The number of rotatable bonds is 3. The minimum absolute atomic E-state index is 0.112. The van der Waals surface area contributed by atoms with Gasteiger partial charge in [0.05, 0.1) is 11.3 Å². The summed E-state index contributed by atoms with van der Waals surface area (Å²) in [5.74, 6) is -0.308. The van der Waals surface area contributed by atoms with Crippen LogP contribution < -0.4 is 0 Å². The molecule has 0 atom stereocenters. The Morgan fingerprint density at radius 3 is 2.42 bits per heavy atom. The van der Waals surface area contributed by atoms with Crippen LogP contribution in [0.1, 0.15) is 22.5 Å². The molecule has 0 saturated carbocycles. The average molecular weight is 493 g/mol. The number of aromatic nitrogens is 1. The van der Waals surface area contributed by atoms with Gasteiger partial charge in [-0.3, -0.25) is 15.1 Å². The third-order valence-electron chi connectivity index (χ3n) is 5.56. The van der Waals surface area contributed by atoms with Gasteiger partial charge in [-0.25, -0.2) is 0 Å². The Labute approximate surface area is 205 Å². The van der Waals surface area contributed by atoms with Crippen molar-refractivity contribution in [2.45, 2.75) is 13.8 Å². The highest BCUT2D eigenvalue weighted by molar-refractivity contribution is 8.17. The zero-order valence-electron chi connectivity index (χ0n) is 17.8. The number of hydrogen-bond acceptors (Lipinski definition) is 3. The monoisotopic (exact) mass is 492 g/mol. The van der Waals surface area contributed by atoms with E-state index in [4.69, 9.17) is 28.6 Å². The lowest BCUT2D eigenvalue weighted by Crippen LogP contribution is -2.38. The van der Waals surface area contributed by atoms with E-state index in [2.05, 4.69) is 4.99 Å². The summed E-state index contributed by atoms with van der Waals surface area (Å²) < 4.78 is 2.02. The lowest BCUT2D eigenvalue weighted by molar-refractivity contribution is -0.114. The number of aliphatic imine (C=N–C) groups is 1. The van der Waals surface area contributed by atoms with Crippen LogP contribution in [0.15, 0.2) is 70.6 Å². The molecular weight excluding hydrogens is 475 g/mol. The van der Waals surface area contributed by atoms with Crippen molar-refractivity contribution in [1.82, 2.24) is 9.47 Å². The highest BCUT2D eigenvalue weighted by Gasteiger charge is 2.36. The van der Waals surface area contributed by atoms with Gasteiger partial charge in [0, 0.05) is 32.5 Å². The molecule has 3 heterocycles. The van der Waals surface area contributed by atoms with E-state index in [0.717, 1.165) is 33.9 Å². The molecule has 3 aromatic rings. The zero-order valence-corrected chi connectivity index (χ0v) is 20.1. The molecule has 2 aromatic carbocycles. The van der Waals surface area contributed by atoms with Crippen LogP contribution in [0.5, 0.6) is 0 Å². The van der Waals surface area contributed by atoms with Crippen LogP contribution in [-0.4, -0.2) is 26.4 Å². The van der Waals surface area contributed by atoms with Crippen molar-refractivity contribution in [1.29, 1.82) is 5.41 Å². The first-order valence-corrected chi connectivity index (χ1v) is 11.8. The van der Waals surface area contributed by atoms with Crippen LogP contribution in [-0.2, 0) is 4.79 Å². The number of carbonyl (C=O) groups excluding carboxylic acids is 1. The van der Waals surface area contributed by atoms with E-state index >= 15 is 0 Å². The van der Waals surface area contributed by atoms with Crippen LogP contribution in [0.3, 0.4) is 0 Å². The van der Waals surface area contributed by atoms with Crippen LogP contribution in [0, 0.1) is 19.3 Å². The number of hydrogen-bond donors (Lipinski definition) is 1. The van der Waals surface area contributed by atoms with Crippen molar-refractivity contribution in [2.75, 3.05) is 0 Å². The van der Waals surface area contributed by atoms with Crippen molar-refractivity contribution >= 4 is 63.6 Å². The number of halogens is 2. The van der Waals surface area contributed by atoms with Gasteiger partial charge in [0.1, 0.15) is 5.84 Å². The van der Waals surface area contributed by atoms with Gasteiger partial charge in [0.25, 0.3) is 5.91 Å². The summed E-state index contributed by atoms with van der Waals surface area (Å²) in [5, 5.41) is 12.4. The maximum Gasteiger partial charge on any atom is 0.283 e. The van der Waals surface area contributed by atoms with E-state index in [1.54, 1.807) is 17.0 Å². The molecule has 0 radical (unpaired) electrons. The Kier molecular flexibility index (Phi) is 5.52. The Bertz CT molecular complexity index is 1400. The number of nitrogens with one attached hydrogen (secondary N) is 1. The van der Waals surface area contributed by atoms with E-state index < -0.39 is 5.91 Å². The number of amidine groups is 2. The first-order chi connectivity index (χ1) is 15.8. The van der Waals surface area contributed by atoms with Gasteiger partial charge in [-0.05, 0) is 55.3 Å². The van der Waals surface area contributed by atoms with Crippen molar-refractivity contribution in [3.05, 3.63) is 98.1 Å². The highest BCUT2D eigenvalue weighted by atomic mass is 35.5. The normalized spacial score (nSPS) is 16.8. The predicted molar refractivity (Wildman–Crippen MR) is 137 cm³/mol. The van der Waals surface area contributed by atoms with Gasteiger partial charge in [-0.1, -0.05) is 65.3 Å². The molecule has 0 bridgehead atoms. The largest absolute Gasteiger partial charge is 0.318 e. The molecule has 1 N–H and O–H groups in total. The van der Waals surface area contributed by atoms with Crippen molar-refractivity contribution < 1.29 is 4.79 Å². The number of thioether (sulfide) groups is 1. The first kappa shape index (κ1) is 21.8. The van der Waals surface area contributed by atoms with Gasteiger partial charge in [-0.15, -0.1) is 0 Å². The molecule has 1 aromatic heterocycles. The molecule has 0 fully saturated rings. The Hall–Kier alpha value is -3.06. The van der Waals surface area contributed by atoms with E-state index in [0.29, 0.717) is 15.2 Å². The smallest absolute Gasteiger partial charge is 0.283 e. The van der Waals surface area contributed by atoms with Crippen LogP contribution in [0.2, 0.25) is 10.0 Å². The molecule has 8 heteroatoms. The summed E-state index contributed by atoms with van der Waals surface area (Å²) in [6.07, 6.45) is 1.74. The van der Waals surface area contributed by atoms with Crippen molar-refractivity contribution in [3.63, 3.8) is 0 Å². The molecule has 0 saturated heterocycles.